The van der Waals surface area contributed by atoms with Gasteiger partial charge in [-0.25, -0.2) is 0 Å². The summed E-state index contributed by atoms with van der Waals surface area (Å²) in [6.07, 6.45) is 1.79. The van der Waals surface area contributed by atoms with Gasteiger partial charge >= 0.3 is 0 Å². The molecule has 0 aliphatic carbocycles. The molecule has 0 saturated heterocycles. The summed E-state index contributed by atoms with van der Waals surface area (Å²) in [6, 6.07) is 7.32. The predicted molar refractivity (Wildman–Crippen MR) is 93.8 cm³/mol. The average Bonchev–Trinajstić information content (AvgIpc) is 2.89. The Balaban J connectivity index is 2.11. The summed E-state index contributed by atoms with van der Waals surface area (Å²) in [5.41, 5.74) is 2.97. The summed E-state index contributed by atoms with van der Waals surface area (Å²) in [6.45, 7) is 6.50. The Bertz CT molecular complexity index is 677. The second-order valence-electron chi connectivity index (χ2n) is 6.12. The lowest BCUT2D eigenvalue weighted by Crippen LogP contribution is -2.40. The first-order valence-corrected chi connectivity index (χ1v) is 8.07. The first kappa shape index (κ1) is 18.0. The second-order valence-corrected chi connectivity index (χ2v) is 6.12. The fourth-order valence-corrected chi connectivity index (χ4v) is 2.46. The summed E-state index contributed by atoms with van der Waals surface area (Å²) in [5.74, 6) is 0.713. The number of nitrogens with zero attached hydrogens (tertiary/aromatic N) is 2. The first-order valence-electron chi connectivity index (χ1n) is 8.07. The molecule has 2 N–H and O–H groups in total. The Labute approximate surface area is 143 Å². The van der Waals surface area contributed by atoms with Crippen LogP contribution in [0.1, 0.15) is 36.7 Å². The third-order valence-corrected chi connectivity index (χ3v) is 4.00. The maximum absolute atomic E-state index is 12.7. The largest absolute Gasteiger partial charge is 0.497 e. The zero-order chi connectivity index (χ0) is 17.7. The van der Waals surface area contributed by atoms with Gasteiger partial charge < -0.3 is 10.1 Å². The van der Waals surface area contributed by atoms with Crippen LogP contribution in [0.2, 0.25) is 0 Å². The molecule has 1 amide bonds. The van der Waals surface area contributed by atoms with Gasteiger partial charge in [0.1, 0.15) is 11.8 Å². The molecule has 1 aromatic heterocycles. The topological polar surface area (TPSA) is 68.2 Å². The SMILES string of the molecule is COc1ccc(C(NC(C)C)C(=O)NCc2cnn(C)c2C)cc1. The fourth-order valence-electron chi connectivity index (χ4n) is 2.46. The summed E-state index contributed by atoms with van der Waals surface area (Å²) < 4.78 is 6.98. The molecule has 2 aromatic rings. The molecular formula is C18H26N4O2. The van der Waals surface area contributed by atoms with E-state index in [4.69, 9.17) is 4.74 Å². The Morgan fingerprint density at radius 3 is 2.46 bits per heavy atom. The smallest absolute Gasteiger partial charge is 0.242 e. The highest BCUT2D eigenvalue weighted by Crippen LogP contribution is 2.19. The highest BCUT2D eigenvalue weighted by Gasteiger charge is 2.21. The lowest BCUT2D eigenvalue weighted by Gasteiger charge is -2.21. The van der Waals surface area contributed by atoms with E-state index in [1.807, 2.05) is 52.1 Å². The molecule has 0 aliphatic rings. The number of rotatable bonds is 7. The molecule has 0 bridgehead atoms. The van der Waals surface area contributed by atoms with Crippen LogP contribution in [0.5, 0.6) is 5.75 Å². The molecule has 1 aromatic carbocycles. The number of methoxy groups -OCH3 is 1. The molecule has 1 unspecified atom stereocenters. The summed E-state index contributed by atoms with van der Waals surface area (Å²) >= 11 is 0. The van der Waals surface area contributed by atoms with Crippen molar-refractivity contribution in [1.82, 2.24) is 20.4 Å². The van der Waals surface area contributed by atoms with Crippen molar-refractivity contribution >= 4 is 5.91 Å². The number of aryl methyl sites for hydroxylation is 1. The van der Waals surface area contributed by atoms with E-state index in [9.17, 15) is 4.79 Å². The summed E-state index contributed by atoms with van der Waals surface area (Å²) in [7, 11) is 3.52. The van der Waals surface area contributed by atoms with Gasteiger partial charge in [-0.2, -0.15) is 5.10 Å². The third kappa shape index (κ3) is 4.35. The van der Waals surface area contributed by atoms with E-state index in [1.165, 1.54) is 0 Å². The van der Waals surface area contributed by atoms with E-state index < -0.39 is 6.04 Å². The minimum Gasteiger partial charge on any atom is -0.497 e. The van der Waals surface area contributed by atoms with Crippen LogP contribution in [0.3, 0.4) is 0 Å². The van der Waals surface area contributed by atoms with Gasteiger partial charge in [0, 0.05) is 30.9 Å². The highest BCUT2D eigenvalue weighted by atomic mass is 16.5. The van der Waals surface area contributed by atoms with Crippen LogP contribution in [0.25, 0.3) is 0 Å². The van der Waals surface area contributed by atoms with Crippen LogP contribution in [-0.4, -0.2) is 28.8 Å². The molecule has 0 fully saturated rings. The molecule has 2 rings (SSSR count). The quantitative estimate of drug-likeness (QED) is 0.816. The van der Waals surface area contributed by atoms with Crippen LogP contribution in [0.4, 0.5) is 0 Å². The standard InChI is InChI=1S/C18H26N4O2/c1-12(2)21-17(14-6-8-16(24-5)9-7-14)18(23)19-10-15-11-20-22(4)13(15)3/h6-9,11-12,17,21H,10H2,1-5H3,(H,19,23). The van der Waals surface area contributed by atoms with Crippen LogP contribution in [0, 0.1) is 6.92 Å². The molecule has 1 heterocycles. The molecule has 1 atom stereocenters. The number of benzene rings is 1. The van der Waals surface area contributed by atoms with Crippen molar-refractivity contribution < 1.29 is 9.53 Å². The average molecular weight is 330 g/mol. The van der Waals surface area contributed by atoms with Gasteiger partial charge in [-0.1, -0.05) is 12.1 Å². The lowest BCUT2D eigenvalue weighted by atomic mass is 10.0. The van der Waals surface area contributed by atoms with E-state index in [-0.39, 0.29) is 11.9 Å². The molecule has 6 heteroatoms. The number of amides is 1. The summed E-state index contributed by atoms with van der Waals surface area (Å²) in [5, 5.41) is 10.5. The van der Waals surface area contributed by atoms with Crippen LogP contribution >= 0.6 is 0 Å². The molecule has 0 radical (unpaired) electrons. The number of hydrogen-bond donors (Lipinski definition) is 2. The Morgan fingerprint density at radius 1 is 1.29 bits per heavy atom. The summed E-state index contributed by atoms with van der Waals surface area (Å²) in [4.78, 5) is 12.7. The first-order chi connectivity index (χ1) is 11.4. The monoisotopic (exact) mass is 330 g/mol. The third-order valence-electron chi connectivity index (χ3n) is 4.00. The molecule has 24 heavy (non-hydrogen) atoms. The van der Waals surface area contributed by atoms with Gasteiger partial charge in [0.25, 0.3) is 0 Å². The number of ether oxygens (including phenoxy) is 1. The van der Waals surface area contributed by atoms with Gasteiger partial charge in [-0.05, 0) is 38.5 Å². The van der Waals surface area contributed by atoms with Crippen molar-refractivity contribution in [2.24, 2.45) is 7.05 Å². The minimum absolute atomic E-state index is 0.0582. The van der Waals surface area contributed by atoms with E-state index in [1.54, 1.807) is 18.0 Å². The molecule has 0 spiro atoms. The van der Waals surface area contributed by atoms with E-state index in [0.29, 0.717) is 6.54 Å². The number of carbonyl (C=O) groups excluding carboxylic acids is 1. The Morgan fingerprint density at radius 2 is 1.96 bits per heavy atom. The fraction of sp³-hybridized carbons (Fsp3) is 0.444. The van der Waals surface area contributed by atoms with Crippen molar-refractivity contribution in [3.05, 3.63) is 47.3 Å². The zero-order valence-corrected chi connectivity index (χ0v) is 15.0. The molecule has 130 valence electrons. The molecule has 6 nitrogen and oxygen atoms in total. The van der Waals surface area contributed by atoms with Crippen LogP contribution in [0.15, 0.2) is 30.5 Å². The lowest BCUT2D eigenvalue weighted by molar-refractivity contribution is -0.123. The maximum Gasteiger partial charge on any atom is 0.242 e. The molecule has 0 saturated carbocycles. The van der Waals surface area contributed by atoms with E-state index >= 15 is 0 Å². The number of hydrogen-bond acceptors (Lipinski definition) is 4. The predicted octanol–water partition coefficient (Wildman–Crippen LogP) is 2.09. The number of nitrogens with one attached hydrogen (secondary N) is 2. The van der Waals surface area contributed by atoms with Crippen LogP contribution in [-0.2, 0) is 18.4 Å². The van der Waals surface area contributed by atoms with E-state index in [2.05, 4.69) is 15.7 Å². The van der Waals surface area contributed by atoms with Gasteiger partial charge in [-0.3, -0.25) is 14.8 Å². The van der Waals surface area contributed by atoms with Crippen molar-refractivity contribution in [1.29, 1.82) is 0 Å². The highest BCUT2D eigenvalue weighted by molar-refractivity contribution is 5.83. The maximum atomic E-state index is 12.7. The molecular weight excluding hydrogens is 304 g/mol. The van der Waals surface area contributed by atoms with Gasteiger partial charge in [0.2, 0.25) is 5.91 Å². The number of carbonyl (C=O) groups is 1. The van der Waals surface area contributed by atoms with Gasteiger partial charge in [0.15, 0.2) is 0 Å². The Hall–Kier alpha value is -2.34. The van der Waals surface area contributed by atoms with E-state index in [0.717, 1.165) is 22.6 Å². The van der Waals surface area contributed by atoms with Crippen molar-refractivity contribution in [3.8, 4) is 5.75 Å². The zero-order valence-electron chi connectivity index (χ0n) is 15.0. The van der Waals surface area contributed by atoms with Crippen molar-refractivity contribution in [2.75, 3.05) is 7.11 Å². The molecule has 0 aliphatic heterocycles. The van der Waals surface area contributed by atoms with Gasteiger partial charge in [0.05, 0.1) is 13.3 Å². The van der Waals surface area contributed by atoms with Gasteiger partial charge in [-0.15, -0.1) is 0 Å². The van der Waals surface area contributed by atoms with Crippen molar-refractivity contribution in [3.63, 3.8) is 0 Å². The minimum atomic E-state index is -0.409. The van der Waals surface area contributed by atoms with Crippen molar-refractivity contribution in [2.45, 2.75) is 39.4 Å². The second kappa shape index (κ2) is 7.97. The normalized spacial score (nSPS) is 12.2. The number of aromatic nitrogens is 2. The van der Waals surface area contributed by atoms with Crippen LogP contribution < -0.4 is 15.4 Å². The Kier molecular flexibility index (Phi) is 5.98.